The van der Waals surface area contributed by atoms with Crippen LogP contribution in [0.5, 0.6) is 0 Å². The van der Waals surface area contributed by atoms with E-state index in [9.17, 15) is 10.1 Å². The van der Waals surface area contributed by atoms with Crippen molar-refractivity contribution in [1.29, 1.82) is 0 Å². The van der Waals surface area contributed by atoms with E-state index in [0.29, 0.717) is 24.2 Å². The predicted molar refractivity (Wildman–Crippen MR) is 78.2 cm³/mol. The van der Waals surface area contributed by atoms with E-state index in [0.717, 1.165) is 5.56 Å². The zero-order valence-electron chi connectivity index (χ0n) is 11.4. The van der Waals surface area contributed by atoms with Gasteiger partial charge in [0.1, 0.15) is 0 Å². The molecule has 0 atom stereocenters. The first-order valence-corrected chi connectivity index (χ1v) is 6.92. The second kappa shape index (κ2) is 6.98. The van der Waals surface area contributed by atoms with Crippen LogP contribution < -0.4 is 5.32 Å². The lowest BCUT2D eigenvalue weighted by Gasteiger charge is -2.25. The van der Waals surface area contributed by atoms with Crippen molar-refractivity contribution in [3.05, 3.63) is 38.3 Å². The highest BCUT2D eigenvalue weighted by Gasteiger charge is 2.17. The average molecular weight is 331 g/mol. The molecule has 0 aromatic heterocycles. The summed E-state index contributed by atoms with van der Waals surface area (Å²) >= 11 is 3.28. The van der Waals surface area contributed by atoms with Crippen molar-refractivity contribution in [2.24, 2.45) is 0 Å². The molecule has 0 spiro atoms. The van der Waals surface area contributed by atoms with Crippen LogP contribution in [0.4, 0.5) is 5.69 Å². The first-order chi connectivity index (χ1) is 8.84. The van der Waals surface area contributed by atoms with Gasteiger partial charge in [0.25, 0.3) is 5.69 Å². The van der Waals surface area contributed by atoms with Gasteiger partial charge in [0.15, 0.2) is 0 Å². The fourth-order valence-corrected chi connectivity index (χ4v) is 2.32. The highest BCUT2D eigenvalue weighted by Crippen LogP contribution is 2.21. The first kappa shape index (κ1) is 16.1. The van der Waals surface area contributed by atoms with Crippen molar-refractivity contribution in [3.63, 3.8) is 0 Å². The molecule has 1 aromatic rings. The Balaban J connectivity index is 2.61. The van der Waals surface area contributed by atoms with E-state index >= 15 is 0 Å². The summed E-state index contributed by atoms with van der Waals surface area (Å²) < 4.78 is 6.28. The third kappa shape index (κ3) is 5.67. The number of nitrogens with one attached hydrogen (secondary N) is 1. The summed E-state index contributed by atoms with van der Waals surface area (Å²) in [5.74, 6) is 0. The normalized spacial score (nSPS) is 11.6. The topological polar surface area (TPSA) is 64.4 Å². The minimum absolute atomic E-state index is 0.0928. The van der Waals surface area contributed by atoms with Crippen LogP contribution in [0.15, 0.2) is 22.7 Å². The summed E-state index contributed by atoms with van der Waals surface area (Å²) in [5, 5.41) is 14.0. The van der Waals surface area contributed by atoms with E-state index in [1.165, 1.54) is 6.07 Å². The number of hydrogen-bond donors (Lipinski definition) is 1. The van der Waals surface area contributed by atoms with E-state index < -0.39 is 4.92 Å². The molecule has 1 aromatic carbocycles. The number of halogens is 1. The second-order valence-corrected chi connectivity index (χ2v) is 5.79. The van der Waals surface area contributed by atoms with E-state index in [1.54, 1.807) is 6.07 Å². The molecule has 0 radical (unpaired) electrons. The van der Waals surface area contributed by atoms with Crippen LogP contribution >= 0.6 is 15.9 Å². The van der Waals surface area contributed by atoms with Gasteiger partial charge in [-0.2, -0.15) is 0 Å². The van der Waals surface area contributed by atoms with E-state index in [1.807, 2.05) is 26.8 Å². The number of benzene rings is 1. The number of ether oxygens (including phenoxy) is 1. The Bertz CT molecular complexity index is 450. The molecule has 0 aliphatic rings. The number of nitrogens with zero attached hydrogens (tertiary/aromatic N) is 1. The predicted octanol–water partition coefficient (Wildman–Crippen LogP) is 3.26. The number of non-ortho nitro benzene ring substituents is 1. The molecular formula is C13H19BrN2O3. The van der Waals surface area contributed by atoms with E-state index in [4.69, 9.17) is 4.74 Å². The SMILES string of the molecule is CCOC(C)(C)CNCc1cc(Br)cc([N+](=O)[O-])c1. The maximum absolute atomic E-state index is 10.8. The van der Waals surface area contributed by atoms with Gasteiger partial charge in [0.05, 0.1) is 10.5 Å². The molecule has 0 aliphatic carbocycles. The lowest BCUT2D eigenvalue weighted by atomic mass is 10.1. The van der Waals surface area contributed by atoms with Crippen molar-refractivity contribution in [2.45, 2.75) is 32.9 Å². The molecule has 1 rings (SSSR count). The summed E-state index contributed by atoms with van der Waals surface area (Å²) in [6.45, 7) is 7.88. The number of nitro benzene ring substituents is 1. The quantitative estimate of drug-likeness (QED) is 0.615. The first-order valence-electron chi connectivity index (χ1n) is 6.12. The Labute approximate surface area is 121 Å². The van der Waals surface area contributed by atoms with Crippen LogP contribution in [0.1, 0.15) is 26.3 Å². The van der Waals surface area contributed by atoms with Gasteiger partial charge in [-0.3, -0.25) is 10.1 Å². The third-order valence-corrected chi connectivity index (χ3v) is 3.03. The van der Waals surface area contributed by atoms with E-state index in [2.05, 4.69) is 21.2 Å². The molecule has 0 heterocycles. The molecule has 106 valence electrons. The molecule has 6 heteroatoms. The van der Waals surface area contributed by atoms with Crippen molar-refractivity contribution in [1.82, 2.24) is 5.32 Å². The molecular weight excluding hydrogens is 312 g/mol. The van der Waals surface area contributed by atoms with Gasteiger partial charge >= 0.3 is 0 Å². The molecule has 0 fully saturated rings. The van der Waals surface area contributed by atoms with Gasteiger partial charge in [-0.25, -0.2) is 0 Å². The largest absolute Gasteiger partial charge is 0.375 e. The van der Waals surface area contributed by atoms with Crippen LogP contribution in [0, 0.1) is 10.1 Å². The lowest BCUT2D eigenvalue weighted by Crippen LogP contribution is -2.37. The van der Waals surface area contributed by atoms with Crippen molar-refractivity contribution in [3.8, 4) is 0 Å². The summed E-state index contributed by atoms with van der Waals surface area (Å²) in [4.78, 5) is 10.4. The molecule has 0 unspecified atom stereocenters. The minimum atomic E-state index is -0.390. The maximum Gasteiger partial charge on any atom is 0.270 e. The summed E-state index contributed by atoms with van der Waals surface area (Å²) in [5.41, 5.74) is 0.718. The van der Waals surface area contributed by atoms with Gasteiger partial charge in [-0.1, -0.05) is 15.9 Å². The Morgan fingerprint density at radius 2 is 2.11 bits per heavy atom. The lowest BCUT2D eigenvalue weighted by molar-refractivity contribution is -0.385. The highest BCUT2D eigenvalue weighted by atomic mass is 79.9. The zero-order valence-corrected chi connectivity index (χ0v) is 13.0. The zero-order chi connectivity index (χ0) is 14.5. The van der Waals surface area contributed by atoms with Gasteiger partial charge in [-0.05, 0) is 32.4 Å². The van der Waals surface area contributed by atoms with Crippen LogP contribution in [0.2, 0.25) is 0 Å². The Kier molecular flexibility index (Phi) is 5.90. The number of hydrogen-bond acceptors (Lipinski definition) is 4. The third-order valence-electron chi connectivity index (χ3n) is 2.57. The van der Waals surface area contributed by atoms with E-state index in [-0.39, 0.29) is 11.3 Å². The van der Waals surface area contributed by atoms with Gasteiger partial charge in [0.2, 0.25) is 0 Å². The fourth-order valence-electron chi connectivity index (χ4n) is 1.79. The summed E-state index contributed by atoms with van der Waals surface area (Å²) in [7, 11) is 0. The second-order valence-electron chi connectivity index (χ2n) is 4.87. The smallest absolute Gasteiger partial charge is 0.270 e. The summed E-state index contributed by atoms with van der Waals surface area (Å²) in [6, 6.07) is 4.94. The van der Waals surface area contributed by atoms with Gasteiger partial charge in [0, 0.05) is 36.3 Å². The van der Waals surface area contributed by atoms with Crippen LogP contribution in [-0.4, -0.2) is 23.7 Å². The monoisotopic (exact) mass is 330 g/mol. The summed E-state index contributed by atoms with van der Waals surface area (Å²) in [6.07, 6.45) is 0. The highest BCUT2D eigenvalue weighted by molar-refractivity contribution is 9.10. The standard InChI is InChI=1S/C13H19BrN2O3/c1-4-19-13(2,3)9-15-8-10-5-11(14)7-12(6-10)16(17)18/h5-7,15H,4,8-9H2,1-3H3. The molecule has 0 saturated carbocycles. The molecule has 0 bridgehead atoms. The number of rotatable bonds is 7. The molecule has 19 heavy (non-hydrogen) atoms. The van der Waals surface area contributed by atoms with Crippen molar-refractivity contribution in [2.75, 3.05) is 13.2 Å². The van der Waals surface area contributed by atoms with Crippen LogP contribution in [-0.2, 0) is 11.3 Å². The van der Waals surface area contributed by atoms with Crippen molar-refractivity contribution < 1.29 is 9.66 Å². The molecule has 0 saturated heterocycles. The molecule has 0 amide bonds. The molecule has 0 aliphatic heterocycles. The maximum atomic E-state index is 10.8. The molecule has 1 N–H and O–H groups in total. The number of nitro groups is 1. The Morgan fingerprint density at radius 3 is 2.68 bits per heavy atom. The average Bonchev–Trinajstić information content (AvgIpc) is 2.27. The molecule has 5 nitrogen and oxygen atoms in total. The Hall–Kier alpha value is -0.980. The van der Waals surface area contributed by atoms with Crippen LogP contribution in [0.25, 0.3) is 0 Å². The Morgan fingerprint density at radius 1 is 1.42 bits per heavy atom. The van der Waals surface area contributed by atoms with Crippen molar-refractivity contribution >= 4 is 21.6 Å². The fraction of sp³-hybridized carbons (Fsp3) is 0.538. The minimum Gasteiger partial charge on any atom is -0.375 e. The van der Waals surface area contributed by atoms with Gasteiger partial charge < -0.3 is 10.1 Å². The van der Waals surface area contributed by atoms with Crippen LogP contribution in [0.3, 0.4) is 0 Å². The van der Waals surface area contributed by atoms with Gasteiger partial charge in [-0.15, -0.1) is 0 Å².